The van der Waals surface area contributed by atoms with Crippen LogP contribution in [0.3, 0.4) is 0 Å². The van der Waals surface area contributed by atoms with Crippen LogP contribution in [0.5, 0.6) is 0 Å². The quantitative estimate of drug-likeness (QED) is 0.353. The molecule has 1 fully saturated rings. The van der Waals surface area contributed by atoms with E-state index in [0.29, 0.717) is 30.6 Å². The summed E-state index contributed by atoms with van der Waals surface area (Å²) in [5, 5.41) is 7.19. The Balaban J connectivity index is 1.24. The summed E-state index contributed by atoms with van der Waals surface area (Å²) in [7, 11) is 1.83. The zero-order valence-electron chi connectivity index (χ0n) is 20.8. The number of nitrogens with two attached hydrogens (primary N) is 1. The molecule has 0 unspecified atom stereocenters. The summed E-state index contributed by atoms with van der Waals surface area (Å²) in [4.78, 5) is 34.6. The number of aryl methyl sites for hydroxylation is 2. The van der Waals surface area contributed by atoms with E-state index in [1.165, 1.54) is 15.3 Å². The molecule has 37 heavy (non-hydrogen) atoms. The Kier molecular flexibility index (Phi) is 6.87. The van der Waals surface area contributed by atoms with Crippen molar-refractivity contribution in [2.45, 2.75) is 26.3 Å². The number of benzene rings is 1. The van der Waals surface area contributed by atoms with Gasteiger partial charge in [0, 0.05) is 69.5 Å². The van der Waals surface area contributed by atoms with E-state index < -0.39 is 0 Å². The molecule has 2 amide bonds. The van der Waals surface area contributed by atoms with Gasteiger partial charge in [0.2, 0.25) is 0 Å². The highest BCUT2D eigenvalue weighted by Gasteiger charge is 2.29. The predicted molar refractivity (Wildman–Crippen MR) is 150 cm³/mol. The number of aromatic nitrogens is 3. The molecule has 3 aromatic heterocycles. The van der Waals surface area contributed by atoms with Gasteiger partial charge in [-0.3, -0.25) is 14.3 Å². The van der Waals surface area contributed by atoms with Gasteiger partial charge in [-0.05, 0) is 65.5 Å². The Labute approximate surface area is 227 Å². The molecule has 3 N–H and O–H groups in total. The molecular formula is C27H27BrN6O2S. The molecule has 1 aliphatic rings. The van der Waals surface area contributed by atoms with Crippen LogP contribution < -0.4 is 11.1 Å². The number of pyridine rings is 1. The number of nitrogens with one attached hydrogen (secondary N) is 1. The molecule has 1 saturated heterocycles. The molecule has 190 valence electrons. The molecule has 0 spiro atoms. The molecule has 1 aliphatic heterocycles. The standard InChI is InChI=1S/C27H27BrN6O2S/c1-15-23(28)16(2)37-24(15)17-4-6-18(7-5-17)27(36)34-9-8-21(14-34)32-26(35)22-10-19(11-30-25(22)29)20-12-31-33(3)13-20/h4-7,10-13,21H,8-9,14H2,1-3H3,(H2,29,30)(H,32,35)/t21-/m1/s1. The van der Waals surface area contributed by atoms with Crippen LogP contribution in [0, 0.1) is 13.8 Å². The zero-order valence-corrected chi connectivity index (χ0v) is 23.2. The van der Waals surface area contributed by atoms with Crippen molar-refractivity contribution in [1.29, 1.82) is 0 Å². The van der Waals surface area contributed by atoms with Crippen molar-refractivity contribution in [3.63, 3.8) is 0 Å². The largest absolute Gasteiger partial charge is 0.383 e. The molecule has 0 bridgehead atoms. The van der Waals surface area contributed by atoms with Crippen LogP contribution in [0.1, 0.15) is 37.6 Å². The maximum Gasteiger partial charge on any atom is 0.255 e. The Morgan fingerprint density at radius 3 is 2.54 bits per heavy atom. The second-order valence-electron chi connectivity index (χ2n) is 9.27. The summed E-state index contributed by atoms with van der Waals surface area (Å²) < 4.78 is 2.82. The number of thiophene rings is 1. The summed E-state index contributed by atoms with van der Waals surface area (Å²) >= 11 is 5.38. The Morgan fingerprint density at radius 1 is 1.14 bits per heavy atom. The lowest BCUT2D eigenvalue weighted by Crippen LogP contribution is -2.38. The van der Waals surface area contributed by atoms with Gasteiger partial charge in [-0.1, -0.05) is 12.1 Å². The number of rotatable bonds is 5. The topological polar surface area (TPSA) is 106 Å². The molecule has 0 radical (unpaired) electrons. The van der Waals surface area contributed by atoms with Crippen molar-refractivity contribution in [3.8, 4) is 21.6 Å². The minimum Gasteiger partial charge on any atom is -0.383 e. The maximum absolute atomic E-state index is 13.1. The van der Waals surface area contributed by atoms with E-state index in [1.807, 2.05) is 37.5 Å². The number of amides is 2. The fourth-order valence-electron chi connectivity index (χ4n) is 4.57. The first-order chi connectivity index (χ1) is 17.7. The van der Waals surface area contributed by atoms with Gasteiger partial charge in [-0.25, -0.2) is 4.98 Å². The van der Waals surface area contributed by atoms with E-state index in [1.54, 1.807) is 39.4 Å². The maximum atomic E-state index is 13.1. The number of hydrogen-bond donors (Lipinski definition) is 2. The number of nitrogen functional groups attached to an aromatic ring is 1. The van der Waals surface area contributed by atoms with E-state index >= 15 is 0 Å². The molecule has 0 saturated carbocycles. The number of nitrogens with zero attached hydrogens (tertiary/aromatic N) is 4. The fraction of sp³-hybridized carbons (Fsp3) is 0.259. The number of carbonyl (C=O) groups is 2. The van der Waals surface area contributed by atoms with Crippen LogP contribution in [-0.4, -0.2) is 50.6 Å². The molecule has 1 atom stereocenters. The molecule has 4 heterocycles. The summed E-state index contributed by atoms with van der Waals surface area (Å²) in [5.74, 6) is -0.171. The van der Waals surface area contributed by atoms with Crippen molar-refractivity contribution in [2.75, 3.05) is 18.8 Å². The van der Waals surface area contributed by atoms with Crippen molar-refractivity contribution >= 4 is 44.9 Å². The van der Waals surface area contributed by atoms with Gasteiger partial charge < -0.3 is 16.0 Å². The van der Waals surface area contributed by atoms with E-state index in [-0.39, 0.29) is 23.7 Å². The average molecular weight is 580 g/mol. The third-order valence-electron chi connectivity index (χ3n) is 6.64. The molecule has 10 heteroatoms. The van der Waals surface area contributed by atoms with Crippen molar-refractivity contribution < 1.29 is 9.59 Å². The highest BCUT2D eigenvalue weighted by atomic mass is 79.9. The first kappa shape index (κ1) is 25.2. The van der Waals surface area contributed by atoms with Gasteiger partial charge in [0.15, 0.2) is 0 Å². The van der Waals surface area contributed by atoms with Gasteiger partial charge in [0.1, 0.15) is 5.82 Å². The second-order valence-corrected chi connectivity index (χ2v) is 11.3. The van der Waals surface area contributed by atoms with Gasteiger partial charge in [-0.2, -0.15) is 5.10 Å². The van der Waals surface area contributed by atoms with E-state index in [2.05, 4.69) is 45.2 Å². The van der Waals surface area contributed by atoms with Gasteiger partial charge in [-0.15, -0.1) is 11.3 Å². The van der Waals surface area contributed by atoms with Crippen LogP contribution in [0.2, 0.25) is 0 Å². The summed E-state index contributed by atoms with van der Waals surface area (Å²) in [6, 6.07) is 9.32. The first-order valence-corrected chi connectivity index (χ1v) is 13.5. The number of carbonyl (C=O) groups excluding carboxylic acids is 2. The molecule has 1 aromatic carbocycles. The normalized spacial score (nSPS) is 15.2. The minimum absolute atomic E-state index is 0.0386. The number of likely N-dealkylation sites (tertiary alicyclic amines) is 1. The SMILES string of the molecule is Cc1sc(-c2ccc(C(=O)N3CC[C@@H](NC(=O)c4cc(-c5cnn(C)c5)cnc4N)C3)cc2)c(C)c1Br. The number of hydrogen-bond acceptors (Lipinski definition) is 6. The summed E-state index contributed by atoms with van der Waals surface area (Å²) in [6.45, 7) is 5.21. The van der Waals surface area contributed by atoms with Crippen LogP contribution in [-0.2, 0) is 7.05 Å². The molecular weight excluding hydrogens is 552 g/mol. The lowest BCUT2D eigenvalue weighted by molar-refractivity contribution is 0.0783. The van der Waals surface area contributed by atoms with Crippen molar-refractivity contribution in [3.05, 3.63) is 75.0 Å². The van der Waals surface area contributed by atoms with Crippen molar-refractivity contribution in [2.24, 2.45) is 7.05 Å². The minimum atomic E-state index is -0.299. The van der Waals surface area contributed by atoms with Crippen molar-refractivity contribution in [1.82, 2.24) is 25.0 Å². The molecule has 0 aliphatic carbocycles. The van der Waals surface area contributed by atoms with E-state index in [0.717, 1.165) is 21.2 Å². The third kappa shape index (κ3) is 5.03. The lowest BCUT2D eigenvalue weighted by atomic mass is 10.1. The van der Waals surface area contributed by atoms with Gasteiger partial charge in [0.25, 0.3) is 11.8 Å². The monoisotopic (exact) mass is 578 g/mol. The molecule has 4 aromatic rings. The van der Waals surface area contributed by atoms with E-state index in [9.17, 15) is 9.59 Å². The number of halogens is 1. The molecule has 8 nitrogen and oxygen atoms in total. The first-order valence-electron chi connectivity index (χ1n) is 11.9. The van der Waals surface area contributed by atoms with Crippen LogP contribution in [0.25, 0.3) is 21.6 Å². The Bertz CT molecular complexity index is 1490. The third-order valence-corrected chi connectivity index (χ3v) is 9.35. The highest BCUT2D eigenvalue weighted by molar-refractivity contribution is 9.10. The fourth-order valence-corrected chi connectivity index (χ4v) is 6.20. The smallest absolute Gasteiger partial charge is 0.255 e. The van der Waals surface area contributed by atoms with Crippen LogP contribution in [0.4, 0.5) is 5.82 Å². The second kappa shape index (κ2) is 10.1. The van der Waals surface area contributed by atoms with Crippen LogP contribution in [0.15, 0.2) is 53.4 Å². The predicted octanol–water partition coefficient (Wildman–Crippen LogP) is 4.82. The van der Waals surface area contributed by atoms with Crippen LogP contribution >= 0.6 is 27.3 Å². The summed E-state index contributed by atoms with van der Waals surface area (Å²) in [6.07, 6.45) is 5.87. The lowest BCUT2D eigenvalue weighted by Gasteiger charge is -2.18. The Hall–Kier alpha value is -3.50. The van der Waals surface area contributed by atoms with Gasteiger partial charge in [0.05, 0.1) is 11.8 Å². The molecule has 5 rings (SSSR count). The summed E-state index contributed by atoms with van der Waals surface area (Å²) in [5.41, 5.74) is 10.9. The highest BCUT2D eigenvalue weighted by Crippen LogP contribution is 2.39. The van der Waals surface area contributed by atoms with Gasteiger partial charge >= 0.3 is 0 Å². The average Bonchev–Trinajstić information content (AvgIpc) is 3.60. The zero-order chi connectivity index (χ0) is 26.3. The van der Waals surface area contributed by atoms with E-state index in [4.69, 9.17) is 5.73 Å². The Morgan fingerprint density at radius 2 is 1.89 bits per heavy atom. The number of anilines is 1.